The van der Waals surface area contributed by atoms with Gasteiger partial charge < -0.3 is 10.0 Å². The number of carboxylic acids is 1. The number of halogens is 1. The van der Waals surface area contributed by atoms with Gasteiger partial charge in [0.25, 0.3) is 0 Å². The SMILES string of the molecule is Cc1cccc(C)c1-c1c(C)nn2c(N(C)c3ccc(F)cc3)cc(C(=O)O)nc12. The van der Waals surface area contributed by atoms with Crippen LogP contribution in [0.1, 0.15) is 27.3 Å². The number of anilines is 2. The van der Waals surface area contributed by atoms with Crippen molar-refractivity contribution in [3.8, 4) is 11.1 Å². The summed E-state index contributed by atoms with van der Waals surface area (Å²) in [5.74, 6) is -0.951. The van der Waals surface area contributed by atoms with Gasteiger partial charge in [-0.2, -0.15) is 9.61 Å². The van der Waals surface area contributed by atoms with Gasteiger partial charge in [0.15, 0.2) is 11.3 Å². The van der Waals surface area contributed by atoms with Gasteiger partial charge in [-0.25, -0.2) is 14.2 Å². The van der Waals surface area contributed by atoms with E-state index in [0.29, 0.717) is 17.2 Å². The van der Waals surface area contributed by atoms with Crippen LogP contribution < -0.4 is 4.90 Å². The Morgan fingerprint density at radius 1 is 1.03 bits per heavy atom. The maximum atomic E-state index is 13.4. The van der Waals surface area contributed by atoms with Crippen LogP contribution in [0, 0.1) is 26.6 Å². The minimum absolute atomic E-state index is 0.0844. The van der Waals surface area contributed by atoms with Crippen LogP contribution in [-0.4, -0.2) is 32.7 Å². The first-order valence-electron chi connectivity index (χ1n) is 9.47. The number of benzene rings is 2. The molecule has 152 valence electrons. The van der Waals surface area contributed by atoms with E-state index >= 15 is 0 Å². The number of carboxylic acid groups (broad SMARTS) is 1. The zero-order chi connectivity index (χ0) is 21.6. The second kappa shape index (κ2) is 7.26. The van der Waals surface area contributed by atoms with E-state index in [1.54, 1.807) is 28.6 Å². The highest BCUT2D eigenvalue weighted by molar-refractivity contribution is 5.91. The molecule has 7 heteroatoms. The number of nitrogens with zero attached hydrogens (tertiary/aromatic N) is 4. The zero-order valence-corrected chi connectivity index (χ0v) is 17.1. The lowest BCUT2D eigenvalue weighted by Gasteiger charge is -2.20. The van der Waals surface area contributed by atoms with E-state index in [1.807, 2.05) is 39.0 Å². The van der Waals surface area contributed by atoms with Crippen LogP contribution in [0.5, 0.6) is 0 Å². The maximum absolute atomic E-state index is 13.4. The summed E-state index contributed by atoms with van der Waals surface area (Å²) in [5.41, 5.74) is 5.75. The average Bonchev–Trinajstić information content (AvgIpc) is 3.03. The van der Waals surface area contributed by atoms with Gasteiger partial charge in [0.1, 0.15) is 11.6 Å². The summed E-state index contributed by atoms with van der Waals surface area (Å²) in [6.45, 7) is 5.91. The van der Waals surface area contributed by atoms with Crippen LogP contribution in [0.15, 0.2) is 48.5 Å². The van der Waals surface area contributed by atoms with E-state index in [4.69, 9.17) is 0 Å². The Bertz CT molecular complexity index is 1260. The molecule has 0 aliphatic carbocycles. The van der Waals surface area contributed by atoms with Gasteiger partial charge in [-0.3, -0.25) is 0 Å². The minimum atomic E-state index is -1.13. The van der Waals surface area contributed by atoms with Gasteiger partial charge in [0, 0.05) is 18.8 Å². The Morgan fingerprint density at radius 2 is 1.67 bits per heavy atom. The van der Waals surface area contributed by atoms with E-state index in [-0.39, 0.29) is 11.5 Å². The molecule has 30 heavy (non-hydrogen) atoms. The Morgan fingerprint density at radius 3 is 2.27 bits per heavy atom. The second-order valence-corrected chi connectivity index (χ2v) is 7.30. The van der Waals surface area contributed by atoms with Gasteiger partial charge >= 0.3 is 5.97 Å². The van der Waals surface area contributed by atoms with Crippen molar-refractivity contribution in [1.29, 1.82) is 0 Å². The van der Waals surface area contributed by atoms with Crippen molar-refractivity contribution in [3.63, 3.8) is 0 Å². The molecule has 0 amide bonds. The fourth-order valence-corrected chi connectivity index (χ4v) is 3.75. The number of aromatic carboxylic acids is 1. The first-order valence-corrected chi connectivity index (χ1v) is 9.47. The van der Waals surface area contributed by atoms with Crippen molar-refractivity contribution in [2.75, 3.05) is 11.9 Å². The van der Waals surface area contributed by atoms with E-state index in [1.165, 1.54) is 18.2 Å². The summed E-state index contributed by atoms with van der Waals surface area (Å²) in [4.78, 5) is 18.0. The van der Waals surface area contributed by atoms with Crippen LogP contribution in [0.4, 0.5) is 15.9 Å². The molecular formula is C23H21FN4O2. The largest absolute Gasteiger partial charge is 0.477 e. The third kappa shape index (κ3) is 3.18. The molecule has 1 N–H and O–H groups in total. The molecule has 2 aromatic heterocycles. The van der Waals surface area contributed by atoms with E-state index in [0.717, 1.165) is 27.9 Å². The number of hydrogen-bond acceptors (Lipinski definition) is 4. The molecule has 2 aromatic carbocycles. The number of aromatic nitrogens is 3. The summed E-state index contributed by atoms with van der Waals surface area (Å²) in [6, 6.07) is 13.5. The summed E-state index contributed by atoms with van der Waals surface area (Å²) in [6.07, 6.45) is 0. The quantitative estimate of drug-likeness (QED) is 0.522. The smallest absolute Gasteiger partial charge is 0.354 e. The third-order valence-electron chi connectivity index (χ3n) is 5.25. The average molecular weight is 404 g/mol. The fraction of sp³-hybridized carbons (Fsp3) is 0.174. The Balaban J connectivity index is 2.03. The summed E-state index contributed by atoms with van der Waals surface area (Å²) >= 11 is 0. The van der Waals surface area contributed by atoms with Crippen molar-refractivity contribution in [1.82, 2.24) is 14.6 Å². The molecule has 2 heterocycles. The van der Waals surface area contributed by atoms with Crippen molar-refractivity contribution < 1.29 is 14.3 Å². The molecule has 6 nitrogen and oxygen atoms in total. The van der Waals surface area contributed by atoms with E-state index < -0.39 is 5.97 Å². The molecule has 0 bridgehead atoms. The molecular weight excluding hydrogens is 383 g/mol. The summed E-state index contributed by atoms with van der Waals surface area (Å²) in [7, 11) is 1.78. The number of fused-ring (bicyclic) bond motifs is 1. The monoisotopic (exact) mass is 404 g/mol. The lowest BCUT2D eigenvalue weighted by molar-refractivity contribution is 0.0690. The molecule has 0 radical (unpaired) electrons. The van der Waals surface area contributed by atoms with Crippen LogP contribution in [0.25, 0.3) is 16.8 Å². The lowest BCUT2D eigenvalue weighted by atomic mass is 9.96. The molecule has 4 rings (SSSR count). The van der Waals surface area contributed by atoms with Gasteiger partial charge in [-0.05, 0) is 61.7 Å². The number of carbonyl (C=O) groups is 1. The number of hydrogen-bond donors (Lipinski definition) is 1. The van der Waals surface area contributed by atoms with Crippen LogP contribution in [0.2, 0.25) is 0 Å². The number of aryl methyl sites for hydroxylation is 3. The molecule has 0 spiro atoms. The topological polar surface area (TPSA) is 70.7 Å². The molecule has 0 atom stereocenters. The van der Waals surface area contributed by atoms with E-state index in [9.17, 15) is 14.3 Å². The molecule has 0 aliphatic heterocycles. The van der Waals surface area contributed by atoms with E-state index in [2.05, 4.69) is 10.1 Å². The van der Waals surface area contributed by atoms with Crippen LogP contribution in [-0.2, 0) is 0 Å². The van der Waals surface area contributed by atoms with Crippen LogP contribution in [0.3, 0.4) is 0 Å². The van der Waals surface area contributed by atoms with Crippen LogP contribution >= 0.6 is 0 Å². The predicted octanol–water partition coefficient (Wildman–Crippen LogP) is 4.93. The molecule has 0 aliphatic rings. The Labute approximate surface area is 173 Å². The standard InChI is InChI=1S/C23H21FN4O2/c1-13-6-5-7-14(2)20(13)21-15(3)26-28-19(12-18(23(29)30)25-22(21)28)27(4)17-10-8-16(24)9-11-17/h5-12H,1-4H3,(H,29,30). The molecule has 4 aromatic rings. The zero-order valence-electron chi connectivity index (χ0n) is 17.1. The van der Waals surface area contributed by atoms with Gasteiger partial charge in [-0.15, -0.1) is 0 Å². The fourth-order valence-electron chi connectivity index (χ4n) is 3.75. The lowest BCUT2D eigenvalue weighted by Crippen LogP contribution is -2.16. The third-order valence-corrected chi connectivity index (χ3v) is 5.25. The Kier molecular flexibility index (Phi) is 4.73. The molecule has 0 fully saturated rings. The van der Waals surface area contributed by atoms with Crippen molar-refractivity contribution in [2.24, 2.45) is 0 Å². The molecule has 0 unspecified atom stereocenters. The summed E-state index contributed by atoms with van der Waals surface area (Å²) in [5, 5.41) is 14.4. The van der Waals surface area contributed by atoms with Crippen molar-refractivity contribution in [3.05, 3.63) is 76.9 Å². The highest BCUT2D eigenvalue weighted by Crippen LogP contribution is 2.35. The van der Waals surface area contributed by atoms with Crippen molar-refractivity contribution in [2.45, 2.75) is 20.8 Å². The van der Waals surface area contributed by atoms with Crippen molar-refractivity contribution >= 4 is 23.1 Å². The maximum Gasteiger partial charge on any atom is 0.354 e. The predicted molar refractivity (Wildman–Crippen MR) is 114 cm³/mol. The Hall–Kier alpha value is -3.74. The first kappa shape index (κ1) is 19.6. The normalized spacial score (nSPS) is 11.1. The highest BCUT2D eigenvalue weighted by Gasteiger charge is 2.22. The second-order valence-electron chi connectivity index (χ2n) is 7.30. The molecule has 0 saturated heterocycles. The molecule has 0 saturated carbocycles. The van der Waals surface area contributed by atoms with Gasteiger partial charge in [-0.1, -0.05) is 18.2 Å². The number of rotatable bonds is 4. The van der Waals surface area contributed by atoms with Gasteiger partial charge in [0.05, 0.1) is 11.3 Å². The first-order chi connectivity index (χ1) is 14.3. The summed E-state index contributed by atoms with van der Waals surface area (Å²) < 4.78 is 15.0. The van der Waals surface area contributed by atoms with Gasteiger partial charge in [0.2, 0.25) is 0 Å². The highest BCUT2D eigenvalue weighted by atomic mass is 19.1. The minimum Gasteiger partial charge on any atom is -0.477 e.